The number of rotatable bonds is 5. The van der Waals surface area contributed by atoms with Crippen molar-refractivity contribution in [3.8, 4) is 0 Å². The van der Waals surface area contributed by atoms with Gasteiger partial charge in [-0.25, -0.2) is 0 Å². The third-order valence-corrected chi connectivity index (χ3v) is 4.85. The van der Waals surface area contributed by atoms with Crippen LogP contribution in [0.3, 0.4) is 0 Å². The van der Waals surface area contributed by atoms with E-state index in [0.29, 0.717) is 17.4 Å². The van der Waals surface area contributed by atoms with Crippen molar-refractivity contribution < 1.29 is 4.79 Å². The zero-order valence-corrected chi connectivity index (χ0v) is 14.0. The molecule has 3 rings (SSSR count). The van der Waals surface area contributed by atoms with Gasteiger partial charge < -0.3 is 4.90 Å². The zero-order valence-electron chi connectivity index (χ0n) is 13.2. The molecule has 1 unspecified atom stereocenters. The van der Waals surface area contributed by atoms with E-state index in [9.17, 15) is 4.79 Å². The molecule has 0 saturated carbocycles. The number of halogens is 1. The summed E-state index contributed by atoms with van der Waals surface area (Å²) in [5.74, 6) is 0.791. The smallest absolute Gasteiger partial charge is 0.164 e. The molecular formula is C20H22ClNO. The maximum atomic E-state index is 12.3. The Bertz CT molecular complexity index is 638. The molecule has 3 heteroatoms. The fourth-order valence-corrected chi connectivity index (χ4v) is 3.42. The van der Waals surface area contributed by atoms with Crippen molar-refractivity contribution in [1.82, 2.24) is 4.90 Å². The van der Waals surface area contributed by atoms with Gasteiger partial charge in [-0.3, -0.25) is 4.79 Å². The van der Waals surface area contributed by atoms with Crippen LogP contribution in [0.5, 0.6) is 0 Å². The Morgan fingerprint density at radius 2 is 1.83 bits per heavy atom. The van der Waals surface area contributed by atoms with Crippen molar-refractivity contribution in [3.05, 3.63) is 70.7 Å². The van der Waals surface area contributed by atoms with Gasteiger partial charge in [0.1, 0.15) is 0 Å². The summed E-state index contributed by atoms with van der Waals surface area (Å²) < 4.78 is 0. The molecule has 1 saturated heterocycles. The van der Waals surface area contributed by atoms with Gasteiger partial charge in [0.05, 0.1) is 0 Å². The third kappa shape index (κ3) is 4.43. The van der Waals surface area contributed by atoms with Gasteiger partial charge in [0.2, 0.25) is 0 Å². The molecule has 1 atom stereocenters. The van der Waals surface area contributed by atoms with Gasteiger partial charge in [-0.15, -0.1) is 0 Å². The first-order valence-electron chi connectivity index (χ1n) is 8.28. The Morgan fingerprint density at radius 3 is 2.57 bits per heavy atom. The molecule has 0 aromatic heterocycles. The molecule has 0 amide bonds. The summed E-state index contributed by atoms with van der Waals surface area (Å²) >= 11 is 5.87. The number of benzene rings is 2. The van der Waals surface area contributed by atoms with Crippen LogP contribution in [0.15, 0.2) is 54.6 Å². The summed E-state index contributed by atoms with van der Waals surface area (Å²) in [6.45, 7) is 2.99. The summed E-state index contributed by atoms with van der Waals surface area (Å²) in [5, 5.41) is 0.670. The largest absolute Gasteiger partial charge is 0.302 e. The highest BCUT2D eigenvalue weighted by Crippen LogP contribution is 2.26. The molecule has 0 N–H and O–H groups in total. The Morgan fingerprint density at radius 1 is 1.09 bits per heavy atom. The first kappa shape index (κ1) is 16.2. The Labute approximate surface area is 143 Å². The number of nitrogens with zero attached hydrogens (tertiary/aromatic N) is 1. The zero-order chi connectivity index (χ0) is 16.1. The number of hydrogen-bond donors (Lipinski definition) is 0. The first-order chi connectivity index (χ1) is 11.2. The highest BCUT2D eigenvalue weighted by Gasteiger charge is 2.21. The Balaban J connectivity index is 1.54. The van der Waals surface area contributed by atoms with Gasteiger partial charge in [-0.1, -0.05) is 41.9 Å². The lowest BCUT2D eigenvalue weighted by atomic mass is 9.90. The summed E-state index contributed by atoms with van der Waals surface area (Å²) in [5.41, 5.74) is 2.17. The summed E-state index contributed by atoms with van der Waals surface area (Å²) in [6, 6.07) is 17.9. The molecule has 0 bridgehead atoms. The Kier molecular flexibility index (Phi) is 5.47. The fourth-order valence-electron chi connectivity index (χ4n) is 3.30. The lowest BCUT2D eigenvalue weighted by Crippen LogP contribution is -2.35. The van der Waals surface area contributed by atoms with Crippen LogP contribution in [0.1, 0.15) is 41.1 Å². The molecule has 23 heavy (non-hydrogen) atoms. The van der Waals surface area contributed by atoms with E-state index < -0.39 is 0 Å². The summed E-state index contributed by atoms with van der Waals surface area (Å²) in [6.07, 6.45) is 3.02. The van der Waals surface area contributed by atoms with Crippen LogP contribution < -0.4 is 0 Å². The van der Waals surface area contributed by atoms with Crippen LogP contribution in [0.2, 0.25) is 5.02 Å². The highest BCUT2D eigenvalue weighted by atomic mass is 35.5. The van der Waals surface area contributed by atoms with Crippen molar-refractivity contribution in [2.24, 2.45) is 0 Å². The lowest BCUT2D eigenvalue weighted by molar-refractivity contribution is 0.0955. The predicted octanol–water partition coefficient (Wildman–Crippen LogP) is 4.79. The van der Waals surface area contributed by atoms with Crippen molar-refractivity contribution in [3.63, 3.8) is 0 Å². The van der Waals surface area contributed by atoms with Crippen molar-refractivity contribution >= 4 is 17.4 Å². The van der Waals surface area contributed by atoms with E-state index in [1.165, 1.54) is 18.4 Å². The van der Waals surface area contributed by atoms with E-state index in [0.717, 1.165) is 25.2 Å². The van der Waals surface area contributed by atoms with E-state index >= 15 is 0 Å². The minimum atomic E-state index is 0.198. The topological polar surface area (TPSA) is 20.3 Å². The molecule has 1 aliphatic rings. The second kappa shape index (κ2) is 7.76. The van der Waals surface area contributed by atoms with Gasteiger partial charge in [-0.05, 0) is 55.1 Å². The minimum Gasteiger partial charge on any atom is -0.302 e. The average Bonchev–Trinajstić information content (AvgIpc) is 2.61. The molecule has 1 fully saturated rings. The van der Waals surface area contributed by atoms with Crippen LogP contribution in [-0.2, 0) is 0 Å². The van der Waals surface area contributed by atoms with E-state index in [2.05, 4.69) is 35.2 Å². The second-order valence-corrected chi connectivity index (χ2v) is 6.67. The molecular weight excluding hydrogens is 306 g/mol. The first-order valence-corrected chi connectivity index (χ1v) is 8.66. The molecule has 1 aliphatic heterocycles. The van der Waals surface area contributed by atoms with E-state index in [-0.39, 0.29) is 5.78 Å². The predicted molar refractivity (Wildman–Crippen MR) is 95.3 cm³/mol. The molecule has 0 spiro atoms. The minimum absolute atomic E-state index is 0.198. The standard InChI is InChI=1S/C20H22ClNO/c21-19-10-8-17(9-11-19)20(23)12-14-22-13-4-7-18(15-22)16-5-2-1-3-6-16/h1-3,5-6,8-11,18H,4,7,12-15H2. The van der Waals surface area contributed by atoms with Crippen LogP contribution in [0.4, 0.5) is 0 Å². The van der Waals surface area contributed by atoms with Gasteiger partial charge in [0, 0.05) is 30.1 Å². The Hall–Kier alpha value is -1.64. The highest BCUT2D eigenvalue weighted by molar-refractivity contribution is 6.30. The molecule has 2 aromatic carbocycles. The van der Waals surface area contributed by atoms with Crippen LogP contribution in [-0.4, -0.2) is 30.3 Å². The van der Waals surface area contributed by atoms with Crippen LogP contribution in [0.25, 0.3) is 0 Å². The molecule has 120 valence electrons. The molecule has 1 heterocycles. The summed E-state index contributed by atoms with van der Waals surface area (Å²) in [7, 11) is 0. The van der Waals surface area contributed by atoms with Gasteiger partial charge in [-0.2, -0.15) is 0 Å². The van der Waals surface area contributed by atoms with Gasteiger partial charge >= 0.3 is 0 Å². The quantitative estimate of drug-likeness (QED) is 0.736. The van der Waals surface area contributed by atoms with Crippen LogP contribution >= 0.6 is 11.6 Å². The number of ketones is 1. The third-order valence-electron chi connectivity index (χ3n) is 4.60. The SMILES string of the molecule is O=C(CCN1CCCC(c2ccccc2)C1)c1ccc(Cl)cc1. The molecule has 0 radical (unpaired) electrons. The number of piperidine rings is 1. The normalized spacial score (nSPS) is 18.7. The fraction of sp³-hybridized carbons (Fsp3) is 0.350. The van der Waals surface area contributed by atoms with E-state index in [1.54, 1.807) is 12.1 Å². The van der Waals surface area contributed by atoms with Crippen molar-refractivity contribution in [1.29, 1.82) is 0 Å². The number of carbonyl (C=O) groups excluding carboxylic acids is 1. The monoisotopic (exact) mass is 327 g/mol. The number of likely N-dealkylation sites (tertiary alicyclic amines) is 1. The molecule has 2 aromatic rings. The maximum Gasteiger partial charge on any atom is 0.164 e. The van der Waals surface area contributed by atoms with E-state index in [4.69, 9.17) is 11.6 Å². The lowest BCUT2D eigenvalue weighted by Gasteiger charge is -2.32. The summed E-state index contributed by atoms with van der Waals surface area (Å²) in [4.78, 5) is 14.7. The number of carbonyl (C=O) groups is 1. The molecule has 0 aliphatic carbocycles. The average molecular weight is 328 g/mol. The maximum absolute atomic E-state index is 12.3. The van der Waals surface area contributed by atoms with Gasteiger partial charge in [0.15, 0.2) is 5.78 Å². The second-order valence-electron chi connectivity index (χ2n) is 6.23. The van der Waals surface area contributed by atoms with Gasteiger partial charge in [0.25, 0.3) is 0 Å². The number of hydrogen-bond acceptors (Lipinski definition) is 2. The van der Waals surface area contributed by atoms with E-state index in [1.807, 2.05) is 12.1 Å². The van der Waals surface area contributed by atoms with Crippen molar-refractivity contribution in [2.75, 3.05) is 19.6 Å². The number of Topliss-reactive ketones (excluding diaryl/α,β-unsaturated/α-hetero) is 1. The van der Waals surface area contributed by atoms with Crippen LogP contribution in [0, 0.1) is 0 Å². The molecule has 2 nitrogen and oxygen atoms in total. The van der Waals surface area contributed by atoms with Crippen molar-refractivity contribution in [2.45, 2.75) is 25.2 Å².